The molecule has 0 bridgehead atoms. The standard InChI is InChI=1S/C17H19ClFN/c1-10-8-12(3)14(9-11(10)2)17(20-4)13-6-5-7-15(18)16(13)19/h5-9,17,20H,1-4H3. The van der Waals surface area contributed by atoms with Crippen molar-refractivity contribution in [2.75, 3.05) is 7.05 Å². The van der Waals surface area contributed by atoms with Crippen molar-refractivity contribution < 1.29 is 4.39 Å². The first kappa shape index (κ1) is 15.0. The van der Waals surface area contributed by atoms with Crippen LogP contribution in [0.1, 0.15) is 33.9 Å². The smallest absolute Gasteiger partial charge is 0.146 e. The Morgan fingerprint density at radius 1 is 1.00 bits per heavy atom. The van der Waals surface area contributed by atoms with Gasteiger partial charge in [-0.15, -0.1) is 0 Å². The summed E-state index contributed by atoms with van der Waals surface area (Å²) in [5.41, 5.74) is 5.25. The van der Waals surface area contributed by atoms with Crippen LogP contribution in [0.2, 0.25) is 5.02 Å². The largest absolute Gasteiger partial charge is 0.309 e. The van der Waals surface area contributed by atoms with Gasteiger partial charge < -0.3 is 5.32 Å². The molecular formula is C17H19ClFN. The van der Waals surface area contributed by atoms with E-state index in [1.54, 1.807) is 18.2 Å². The van der Waals surface area contributed by atoms with Gasteiger partial charge in [0.05, 0.1) is 11.1 Å². The fraction of sp³-hybridized carbons (Fsp3) is 0.294. The van der Waals surface area contributed by atoms with Crippen LogP contribution in [0.3, 0.4) is 0 Å². The minimum Gasteiger partial charge on any atom is -0.309 e. The molecule has 2 aromatic rings. The van der Waals surface area contributed by atoms with Crippen LogP contribution in [0.15, 0.2) is 30.3 Å². The lowest BCUT2D eigenvalue weighted by Gasteiger charge is -2.21. The second kappa shape index (κ2) is 5.94. The van der Waals surface area contributed by atoms with Gasteiger partial charge in [0.25, 0.3) is 0 Å². The fourth-order valence-electron chi connectivity index (χ4n) is 2.52. The lowest BCUT2D eigenvalue weighted by atomic mass is 9.91. The molecule has 2 rings (SSSR count). The van der Waals surface area contributed by atoms with E-state index in [1.807, 2.05) is 7.05 Å². The van der Waals surface area contributed by atoms with Crippen molar-refractivity contribution in [2.45, 2.75) is 26.8 Å². The molecule has 0 heterocycles. The van der Waals surface area contributed by atoms with Crippen molar-refractivity contribution >= 4 is 11.6 Å². The molecule has 0 saturated heterocycles. The van der Waals surface area contributed by atoms with Gasteiger partial charge in [0, 0.05) is 5.56 Å². The molecule has 1 nitrogen and oxygen atoms in total. The average Bonchev–Trinajstić information content (AvgIpc) is 2.41. The van der Waals surface area contributed by atoms with Gasteiger partial charge in [-0.25, -0.2) is 4.39 Å². The van der Waals surface area contributed by atoms with Crippen LogP contribution in [0, 0.1) is 26.6 Å². The first-order chi connectivity index (χ1) is 9.45. The monoisotopic (exact) mass is 291 g/mol. The molecule has 0 amide bonds. The molecule has 2 aromatic carbocycles. The van der Waals surface area contributed by atoms with E-state index < -0.39 is 0 Å². The number of benzene rings is 2. The lowest BCUT2D eigenvalue weighted by Crippen LogP contribution is -2.20. The van der Waals surface area contributed by atoms with Crippen molar-refractivity contribution in [2.24, 2.45) is 0 Å². The van der Waals surface area contributed by atoms with E-state index in [-0.39, 0.29) is 16.9 Å². The molecule has 1 unspecified atom stereocenters. The molecule has 0 radical (unpaired) electrons. The number of halogens is 2. The van der Waals surface area contributed by atoms with Crippen molar-refractivity contribution in [3.05, 3.63) is 69.0 Å². The summed E-state index contributed by atoms with van der Waals surface area (Å²) in [4.78, 5) is 0. The highest BCUT2D eigenvalue weighted by Crippen LogP contribution is 2.30. The molecule has 0 aliphatic rings. The average molecular weight is 292 g/mol. The SMILES string of the molecule is CNC(c1cc(C)c(C)cc1C)c1cccc(Cl)c1F. The van der Waals surface area contributed by atoms with Gasteiger partial charge in [0.1, 0.15) is 5.82 Å². The molecule has 1 N–H and O–H groups in total. The number of hydrogen-bond acceptors (Lipinski definition) is 1. The Hall–Kier alpha value is -1.38. The zero-order valence-corrected chi connectivity index (χ0v) is 13.0. The van der Waals surface area contributed by atoms with Crippen molar-refractivity contribution in [1.29, 1.82) is 0 Å². The van der Waals surface area contributed by atoms with Gasteiger partial charge >= 0.3 is 0 Å². The summed E-state index contributed by atoms with van der Waals surface area (Å²) in [5, 5.41) is 3.35. The van der Waals surface area contributed by atoms with Crippen LogP contribution >= 0.6 is 11.6 Å². The number of hydrogen-bond donors (Lipinski definition) is 1. The van der Waals surface area contributed by atoms with E-state index in [2.05, 4.69) is 38.2 Å². The molecule has 0 aliphatic heterocycles. The number of rotatable bonds is 3. The van der Waals surface area contributed by atoms with Gasteiger partial charge in [-0.1, -0.05) is 35.9 Å². The van der Waals surface area contributed by atoms with Crippen LogP contribution in [-0.2, 0) is 0 Å². The third kappa shape index (κ3) is 2.72. The highest BCUT2D eigenvalue weighted by atomic mass is 35.5. The minimum atomic E-state index is -0.355. The second-order valence-electron chi connectivity index (χ2n) is 5.16. The summed E-state index contributed by atoms with van der Waals surface area (Å²) in [7, 11) is 1.83. The first-order valence-electron chi connectivity index (χ1n) is 6.64. The Morgan fingerprint density at radius 2 is 1.65 bits per heavy atom. The van der Waals surface area contributed by atoms with Crippen LogP contribution in [0.4, 0.5) is 4.39 Å². The first-order valence-corrected chi connectivity index (χ1v) is 7.02. The zero-order chi connectivity index (χ0) is 14.9. The fourth-order valence-corrected chi connectivity index (χ4v) is 2.70. The van der Waals surface area contributed by atoms with E-state index in [4.69, 9.17) is 11.6 Å². The van der Waals surface area contributed by atoms with Gasteiger partial charge in [-0.2, -0.15) is 0 Å². The Kier molecular flexibility index (Phi) is 4.46. The summed E-state index contributed by atoms with van der Waals surface area (Å²) in [6, 6.07) is 9.18. The third-order valence-electron chi connectivity index (χ3n) is 3.77. The van der Waals surface area contributed by atoms with Crippen LogP contribution < -0.4 is 5.32 Å². The lowest BCUT2D eigenvalue weighted by molar-refractivity contribution is 0.575. The molecule has 0 aromatic heterocycles. The van der Waals surface area contributed by atoms with E-state index in [0.29, 0.717) is 5.56 Å². The minimum absolute atomic E-state index is 0.157. The van der Waals surface area contributed by atoms with Crippen molar-refractivity contribution in [3.8, 4) is 0 Å². The summed E-state index contributed by atoms with van der Waals surface area (Å²) in [5.74, 6) is -0.355. The summed E-state index contributed by atoms with van der Waals surface area (Å²) < 4.78 is 14.3. The highest BCUT2D eigenvalue weighted by molar-refractivity contribution is 6.30. The molecule has 0 fully saturated rings. The summed E-state index contributed by atoms with van der Waals surface area (Å²) >= 11 is 5.90. The van der Waals surface area contributed by atoms with E-state index in [1.165, 1.54) is 11.1 Å². The quantitative estimate of drug-likeness (QED) is 0.863. The van der Waals surface area contributed by atoms with Crippen molar-refractivity contribution in [1.82, 2.24) is 5.32 Å². The number of aryl methyl sites for hydroxylation is 3. The predicted octanol–water partition coefficient (Wildman–Crippen LogP) is 4.71. The van der Waals surface area contributed by atoms with Crippen molar-refractivity contribution in [3.63, 3.8) is 0 Å². The van der Waals surface area contributed by atoms with Gasteiger partial charge in [0.2, 0.25) is 0 Å². The van der Waals surface area contributed by atoms with Gasteiger partial charge in [0.15, 0.2) is 0 Å². The molecule has 0 spiro atoms. The highest BCUT2D eigenvalue weighted by Gasteiger charge is 2.19. The molecule has 20 heavy (non-hydrogen) atoms. The molecule has 3 heteroatoms. The van der Waals surface area contributed by atoms with Crippen LogP contribution in [0.5, 0.6) is 0 Å². The molecular weight excluding hydrogens is 273 g/mol. The summed E-state index contributed by atoms with van der Waals surface area (Å²) in [6.45, 7) is 6.20. The summed E-state index contributed by atoms with van der Waals surface area (Å²) in [6.07, 6.45) is 0. The molecule has 1 atom stereocenters. The van der Waals surface area contributed by atoms with E-state index in [9.17, 15) is 4.39 Å². The maximum Gasteiger partial charge on any atom is 0.146 e. The van der Waals surface area contributed by atoms with Gasteiger partial charge in [-0.05, 0) is 56.1 Å². The van der Waals surface area contributed by atoms with Crippen LogP contribution in [0.25, 0.3) is 0 Å². The third-order valence-corrected chi connectivity index (χ3v) is 4.07. The molecule has 0 saturated carbocycles. The van der Waals surface area contributed by atoms with E-state index >= 15 is 0 Å². The van der Waals surface area contributed by atoms with E-state index in [0.717, 1.165) is 11.1 Å². The van der Waals surface area contributed by atoms with Crippen LogP contribution in [-0.4, -0.2) is 7.05 Å². The Morgan fingerprint density at radius 3 is 2.30 bits per heavy atom. The van der Waals surface area contributed by atoms with Gasteiger partial charge in [-0.3, -0.25) is 0 Å². The Labute approximate surface area is 124 Å². The second-order valence-corrected chi connectivity index (χ2v) is 5.56. The number of nitrogens with one attached hydrogen (secondary N) is 1. The Bertz CT molecular complexity index is 637. The molecule has 106 valence electrons. The maximum absolute atomic E-state index is 14.3. The predicted molar refractivity (Wildman–Crippen MR) is 83.0 cm³/mol. The topological polar surface area (TPSA) is 12.0 Å². The maximum atomic E-state index is 14.3. The zero-order valence-electron chi connectivity index (χ0n) is 12.2. The molecule has 0 aliphatic carbocycles. The normalized spacial score (nSPS) is 12.5. The Balaban J connectivity index is 2.58.